The molecule has 2 aliphatic rings. The third-order valence-electron chi connectivity index (χ3n) is 8.07. The summed E-state index contributed by atoms with van der Waals surface area (Å²) < 4.78 is 27.3. The van der Waals surface area contributed by atoms with Gasteiger partial charge in [0.2, 0.25) is 0 Å². The zero-order valence-electron chi connectivity index (χ0n) is 25.4. The maximum absolute atomic E-state index is 14.1. The van der Waals surface area contributed by atoms with Crippen molar-refractivity contribution in [2.45, 2.75) is 46.2 Å². The first kappa shape index (κ1) is 33.1. The van der Waals surface area contributed by atoms with Crippen LogP contribution < -0.4 is 10.2 Å². The van der Waals surface area contributed by atoms with E-state index in [4.69, 9.17) is 5.11 Å². The first-order chi connectivity index (χ1) is 20.3. The lowest BCUT2D eigenvalue weighted by Gasteiger charge is -2.43. The third kappa shape index (κ3) is 8.80. The Morgan fingerprint density at radius 3 is 2.40 bits per heavy atom. The number of nitrogens with zero attached hydrogens (tertiary/aromatic N) is 4. The normalized spacial score (nSPS) is 17.5. The summed E-state index contributed by atoms with van der Waals surface area (Å²) in [6.07, 6.45) is 9.44. The largest absolute Gasteiger partial charge is 0.400 e. The van der Waals surface area contributed by atoms with Gasteiger partial charge in [0.15, 0.2) is 0 Å². The van der Waals surface area contributed by atoms with Crippen LogP contribution in [0.25, 0.3) is 0 Å². The minimum Gasteiger partial charge on any atom is -0.400 e. The molecule has 0 atom stereocenters. The maximum Gasteiger partial charge on any atom is 0.253 e. The van der Waals surface area contributed by atoms with Crippen molar-refractivity contribution in [1.82, 2.24) is 20.1 Å². The highest BCUT2D eigenvalue weighted by Gasteiger charge is 2.28. The lowest BCUT2D eigenvalue weighted by Crippen LogP contribution is -2.53. The zero-order chi connectivity index (χ0) is 30.6. The van der Waals surface area contributed by atoms with Gasteiger partial charge in [0.05, 0.1) is 5.56 Å². The van der Waals surface area contributed by atoms with Crippen LogP contribution in [0.15, 0.2) is 66.4 Å². The number of likely N-dealkylation sites (tertiary alicyclic amines) is 1. The van der Waals surface area contributed by atoms with Crippen LogP contribution in [0.2, 0.25) is 0 Å². The molecule has 2 aliphatic heterocycles. The summed E-state index contributed by atoms with van der Waals surface area (Å²) in [4.78, 5) is 24.6. The first-order valence-corrected chi connectivity index (χ1v) is 14.6. The van der Waals surface area contributed by atoms with Gasteiger partial charge in [-0.25, -0.2) is 13.8 Å². The minimum atomic E-state index is -0.535. The number of amides is 1. The predicted molar refractivity (Wildman–Crippen MR) is 166 cm³/mol. The van der Waals surface area contributed by atoms with Crippen molar-refractivity contribution >= 4 is 11.7 Å². The van der Waals surface area contributed by atoms with Crippen LogP contribution in [0, 0.1) is 18.6 Å². The summed E-state index contributed by atoms with van der Waals surface area (Å²) in [5.41, 5.74) is 4.25. The maximum atomic E-state index is 14.1. The highest BCUT2D eigenvalue weighted by Crippen LogP contribution is 2.24. The molecule has 228 valence electrons. The molecule has 1 aromatic heterocycles. The van der Waals surface area contributed by atoms with Gasteiger partial charge in [-0.15, -0.1) is 0 Å². The minimum absolute atomic E-state index is 0.133. The lowest BCUT2D eigenvalue weighted by atomic mass is 10.0. The number of anilines is 1. The van der Waals surface area contributed by atoms with Crippen molar-refractivity contribution in [2.75, 3.05) is 57.8 Å². The number of carbonyl (C=O) groups is 1. The quantitative estimate of drug-likeness (QED) is 0.412. The van der Waals surface area contributed by atoms with Crippen LogP contribution in [0.4, 0.5) is 14.6 Å². The average Bonchev–Trinajstić information content (AvgIpc) is 3.00. The van der Waals surface area contributed by atoms with Crippen LogP contribution >= 0.6 is 0 Å². The summed E-state index contributed by atoms with van der Waals surface area (Å²) in [5, 5.41) is 10.00. The number of aliphatic hydroxyl groups excluding tert-OH is 1. The number of carbonyl (C=O) groups excluding carboxylic acids is 1. The number of piperidine rings is 1. The fourth-order valence-electron chi connectivity index (χ4n) is 5.69. The van der Waals surface area contributed by atoms with E-state index < -0.39 is 11.6 Å². The van der Waals surface area contributed by atoms with Crippen LogP contribution in [0.5, 0.6) is 0 Å². The molecule has 2 saturated heterocycles. The van der Waals surface area contributed by atoms with Gasteiger partial charge in [-0.05, 0) is 75.5 Å². The second-order valence-corrected chi connectivity index (χ2v) is 10.7. The molecule has 0 spiro atoms. The number of hydrogen-bond donors (Lipinski definition) is 2. The molecule has 0 bridgehead atoms. The van der Waals surface area contributed by atoms with E-state index in [2.05, 4.69) is 31.6 Å². The Bertz CT molecular complexity index is 1260. The molecule has 4 rings (SSSR count). The Balaban J connectivity index is 0.00000237. The molecule has 2 N–H and O–H groups in total. The Morgan fingerprint density at radius 2 is 1.81 bits per heavy atom. The molecule has 0 radical (unpaired) electrons. The van der Waals surface area contributed by atoms with Gasteiger partial charge in [0.1, 0.15) is 17.5 Å². The number of allylic oxidation sites excluding steroid dienone is 3. The van der Waals surface area contributed by atoms with E-state index in [1.54, 1.807) is 18.3 Å². The summed E-state index contributed by atoms with van der Waals surface area (Å²) in [6.45, 7) is 16.2. The number of aryl methyl sites for hydroxylation is 1. The first-order valence-electron chi connectivity index (χ1n) is 14.6. The monoisotopic (exact) mass is 581 g/mol. The highest BCUT2D eigenvalue weighted by atomic mass is 19.1. The van der Waals surface area contributed by atoms with Gasteiger partial charge in [-0.1, -0.05) is 30.9 Å². The molecule has 42 heavy (non-hydrogen) atoms. The standard InChI is InChI=1S/C32H41F2N5O.CH4O/c1-5-7-23(3)25(6-2)20-36-32(40)27-18-24(4)31(35-21-27)39-16-14-38(15-17-39)29-10-12-37(13-11-29)22-26-8-9-28(33)19-30(26)34;1-2/h5-9,18-19,21,29H,1,10-17,20,22H2,2-4H3,(H,36,40);2H,1H3/b23-7-,25-6-;. The highest BCUT2D eigenvalue weighted by molar-refractivity contribution is 5.94. The lowest BCUT2D eigenvalue weighted by molar-refractivity contribution is 0.0956. The van der Waals surface area contributed by atoms with E-state index in [0.717, 1.165) is 87.8 Å². The number of halogens is 2. The molecule has 0 saturated carbocycles. The Hall–Kier alpha value is -3.40. The number of pyridine rings is 1. The second kappa shape index (κ2) is 16.3. The number of rotatable bonds is 9. The van der Waals surface area contributed by atoms with Gasteiger partial charge < -0.3 is 15.3 Å². The van der Waals surface area contributed by atoms with Crippen molar-refractivity contribution < 1.29 is 18.7 Å². The average molecular weight is 582 g/mol. The second-order valence-electron chi connectivity index (χ2n) is 10.7. The molecule has 0 unspecified atom stereocenters. The van der Waals surface area contributed by atoms with Gasteiger partial charge in [0, 0.05) is 70.2 Å². The number of aliphatic hydroxyl groups is 1. The molecular formula is C33H45F2N5O2. The topological polar surface area (TPSA) is 71.9 Å². The van der Waals surface area contributed by atoms with Crippen molar-refractivity contribution in [1.29, 1.82) is 0 Å². The van der Waals surface area contributed by atoms with E-state index in [0.29, 0.717) is 30.3 Å². The van der Waals surface area contributed by atoms with E-state index in [9.17, 15) is 13.6 Å². The Labute approximate surface area is 249 Å². The van der Waals surface area contributed by atoms with Crippen molar-refractivity contribution in [3.63, 3.8) is 0 Å². The van der Waals surface area contributed by atoms with Gasteiger partial charge >= 0.3 is 0 Å². The number of nitrogens with one attached hydrogen (secondary N) is 1. The molecule has 0 aliphatic carbocycles. The van der Waals surface area contributed by atoms with E-state index in [1.807, 2.05) is 39.0 Å². The fourth-order valence-corrected chi connectivity index (χ4v) is 5.69. The molecule has 1 aromatic carbocycles. The number of hydrogen-bond acceptors (Lipinski definition) is 6. The predicted octanol–water partition coefficient (Wildman–Crippen LogP) is 4.87. The van der Waals surface area contributed by atoms with Crippen LogP contribution in [0.3, 0.4) is 0 Å². The van der Waals surface area contributed by atoms with Gasteiger partial charge in [-0.2, -0.15) is 0 Å². The molecular weight excluding hydrogens is 536 g/mol. The van der Waals surface area contributed by atoms with Gasteiger partial charge in [-0.3, -0.25) is 14.6 Å². The molecule has 2 aromatic rings. The Morgan fingerprint density at radius 1 is 1.12 bits per heavy atom. The molecule has 9 heteroatoms. The SMILES string of the molecule is C=C/C=C(C)\C(=C/C)CNC(=O)c1cnc(N2CCN(C3CCN(Cc4ccc(F)cc4F)CC3)CC2)c(C)c1.CO. The summed E-state index contributed by atoms with van der Waals surface area (Å²) >= 11 is 0. The van der Waals surface area contributed by atoms with E-state index in [1.165, 1.54) is 6.07 Å². The van der Waals surface area contributed by atoms with E-state index in [-0.39, 0.29) is 5.91 Å². The van der Waals surface area contributed by atoms with Crippen molar-refractivity contribution in [2.24, 2.45) is 0 Å². The van der Waals surface area contributed by atoms with Crippen LogP contribution in [-0.4, -0.2) is 84.8 Å². The van der Waals surface area contributed by atoms with Crippen LogP contribution in [0.1, 0.15) is 48.2 Å². The number of benzene rings is 1. The molecule has 7 nitrogen and oxygen atoms in total. The van der Waals surface area contributed by atoms with Gasteiger partial charge in [0.25, 0.3) is 5.91 Å². The summed E-state index contributed by atoms with van der Waals surface area (Å²) in [5.74, 6) is -0.199. The van der Waals surface area contributed by atoms with E-state index >= 15 is 0 Å². The molecule has 1 amide bonds. The van der Waals surface area contributed by atoms with Crippen molar-refractivity contribution in [3.8, 4) is 0 Å². The Kier molecular flexibility index (Phi) is 12.8. The number of piperazine rings is 1. The number of aromatic nitrogens is 1. The smallest absolute Gasteiger partial charge is 0.253 e. The molecule has 3 heterocycles. The van der Waals surface area contributed by atoms with Crippen LogP contribution in [-0.2, 0) is 6.54 Å². The fraction of sp³-hybridized carbons (Fsp3) is 0.455. The molecule has 2 fully saturated rings. The summed E-state index contributed by atoms with van der Waals surface area (Å²) in [7, 11) is 1.00. The summed E-state index contributed by atoms with van der Waals surface area (Å²) in [6, 6.07) is 6.28. The zero-order valence-corrected chi connectivity index (χ0v) is 25.4. The third-order valence-corrected chi connectivity index (χ3v) is 8.07. The van der Waals surface area contributed by atoms with Crippen molar-refractivity contribution in [3.05, 3.63) is 94.7 Å².